The van der Waals surface area contributed by atoms with Crippen molar-refractivity contribution in [3.8, 4) is 11.7 Å². The molecule has 1 amide bonds. The summed E-state index contributed by atoms with van der Waals surface area (Å²) in [4.78, 5) is 23.2. The van der Waals surface area contributed by atoms with Gasteiger partial charge in [0.2, 0.25) is 0 Å². The summed E-state index contributed by atoms with van der Waals surface area (Å²) in [6, 6.07) is 12.0. The van der Waals surface area contributed by atoms with Gasteiger partial charge in [-0.2, -0.15) is 0 Å². The summed E-state index contributed by atoms with van der Waals surface area (Å²) in [5, 5.41) is 11.6. The number of ether oxygens (including phenoxy) is 2. The first-order chi connectivity index (χ1) is 11.4. The molecule has 1 aromatic carbocycles. The van der Waals surface area contributed by atoms with Crippen LogP contribution >= 0.6 is 0 Å². The van der Waals surface area contributed by atoms with Gasteiger partial charge >= 0.3 is 5.97 Å². The molecule has 0 aliphatic heterocycles. The molecule has 128 valence electrons. The van der Waals surface area contributed by atoms with E-state index >= 15 is 0 Å². The minimum atomic E-state index is -1.05. The molecule has 0 radical (unpaired) electrons. The van der Waals surface area contributed by atoms with Crippen LogP contribution < -0.4 is 10.1 Å². The number of carbonyl (C=O) groups is 2. The summed E-state index contributed by atoms with van der Waals surface area (Å²) < 4.78 is 15.8. The number of carboxylic acids is 1. The number of nitrogens with one attached hydrogen (secondary N) is 1. The Hall–Kier alpha value is -2.80. The van der Waals surface area contributed by atoms with Crippen molar-refractivity contribution in [2.24, 2.45) is 0 Å². The average molecular weight is 333 g/mol. The number of aliphatic carboxylic acids is 1. The second-order valence-corrected chi connectivity index (χ2v) is 5.55. The molecule has 1 aromatic heterocycles. The van der Waals surface area contributed by atoms with Crippen LogP contribution in [0.5, 0.6) is 11.7 Å². The van der Waals surface area contributed by atoms with Gasteiger partial charge in [0.15, 0.2) is 5.76 Å². The fraction of sp³-hybridized carbons (Fsp3) is 0.294. The molecule has 7 heteroatoms. The summed E-state index contributed by atoms with van der Waals surface area (Å²) in [6.45, 7) is 1.64. The molecule has 1 unspecified atom stereocenters. The van der Waals surface area contributed by atoms with E-state index in [1.165, 1.54) is 19.2 Å². The average Bonchev–Trinajstić information content (AvgIpc) is 2.96. The molecule has 7 nitrogen and oxygen atoms in total. The third-order valence-electron chi connectivity index (χ3n) is 3.19. The summed E-state index contributed by atoms with van der Waals surface area (Å²) in [5.41, 5.74) is -1.05. The third-order valence-corrected chi connectivity index (χ3v) is 3.19. The highest BCUT2D eigenvalue weighted by Crippen LogP contribution is 2.24. The molecule has 0 fully saturated rings. The number of hydrogen-bond acceptors (Lipinski definition) is 5. The lowest BCUT2D eigenvalue weighted by Crippen LogP contribution is -2.50. The highest BCUT2D eigenvalue weighted by molar-refractivity contribution is 5.92. The molecule has 1 heterocycles. The fourth-order valence-corrected chi connectivity index (χ4v) is 2.22. The normalized spacial score (nSPS) is 13.1. The fourth-order valence-electron chi connectivity index (χ4n) is 2.22. The summed E-state index contributed by atoms with van der Waals surface area (Å²) >= 11 is 0. The predicted molar refractivity (Wildman–Crippen MR) is 85.2 cm³/mol. The highest BCUT2D eigenvalue weighted by atomic mass is 16.6. The van der Waals surface area contributed by atoms with Crippen molar-refractivity contribution in [3.63, 3.8) is 0 Å². The Kier molecular flexibility index (Phi) is 5.59. The smallest absolute Gasteiger partial charge is 0.305 e. The minimum Gasteiger partial charge on any atom is -0.481 e. The topological polar surface area (TPSA) is 98.0 Å². The summed E-state index contributed by atoms with van der Waals surface area (Å²) in [5.74, 6) is -0.818. The van der Waals surface area contributed by atoms with Crippen molar-refractivity contribution in [2.75, 3.05) is 13.7 Å². The van der Waals surface area contributed by atoms with E-state index in [2.05, 4.69) is 5.32 Å². The molecule has 0 spiro atoms. The van der Waals surface area contributed by atoms with E-state index in [1.54, 1.807) is 19.1 Å². The van der Waals surface area contributed by atoms with E-state index in [9.17, 15) is 9.59 Å². The van der Waals surface area contributed by atoms with Crippen molar-refractivity contribution in [3.05, 3.63) is 48.2 Å². The molecule has 2 N–H and O–H groups in total. The molecule has 0 aliphatic carbocycles. The van der Waals surface area contributed by atoms with Gasteiger partial charge < -0.3 is 24.3 Å². The Balaban J connectivity index is 2.05. The van der Waals surface area contributed by atoms with E-state index in [4.69, 9.17) is 19.0 Å². The number of carbonyl (C=O) groups excluding carboxylic acids is 1. The van der Waals surface area contributed by atoms with Crippen molar-refractivity contribution < 1.29 is 28.6 Å². The zero-order chi connectivity index (χ0) is 17.6. The zero-order valence-electron chi connectivity index (χ0n) is 13.4. The number of hydrogen-bond donors (Lipinski definition) is 2. The van der Waals surface area contributed by atoms with Gasteiger partial charge in [0.1, 0.15) is 5.75 Å². The SMILES string of the molecule is COCC(C)(CC(=O)O)NC(=O)c1ccc(Oc2ccccc2)o1. The highest BCUT2D eigenvalue weighted by Gasteiger charge is 2.31. The molecule has 0 bridgehead atoms. The maximum absolute atomic E-state index is 12.3. The van der Waals surface area contributed by atoms with Gasteiger partial charge in [-0.3, -0.25) is 9.59 Å². The molecule has 24 heavy (non-hydrogen) atoms. The second-order valence-electron chi connectivity index (χ2n) is 5.55. The van der Waals surface area contributed by atoms with Crippen molar-refractivity contribution in [1.82, 2.24) is 5.32 Å². The van der Waals surface area contributed by atoms with Gasteiger partial charge in [-0.25, -0.2) is 0 Å². The Morgan fingerprint density at radius 2 is 1.92 bits per heavy atom. The number of para-hydroxylation sites is 1. The zero-order valence-corrected chi connectivity index (χ0v) is 13.4. The molecule has 0 aliphatic rings. The maximum Gasteiger partial charge on any atom is 0.305 e. The molecule has 0 saturated heterocycles. The van der Waals surface area contributed by atoms with Crippen LogP contribution in [-0.4, -0.2) is 36.2 Å². The van der Waals surface area contributed by atoms with E-state index in [1.807, 2.05) is 18.2 Å². The van der Waals surface area contributed by atoms with E-state index in [0.29, 0.717) is 5.75 Å². The van der Waals surface area contributed by atoms with Crippen LogP contribution in [0.15, 0.2) is 46.9 Å². The molecule has 2 aromatic rings. The molecule has 2 rings (SSSR count). The summed E-state index contributed by atoms with van der Waals surface area (Å²) in [6.07, 6.45) is -0.277. The monoisotopic (exact) mass is 333 g/mol. The van der Waals surface area contributed by atoms with Crippen molar-refractivity contribution in [1.29, 1.82) is 0 Å². The maximum atomic E-state index is 12.3. The van der Waals surface area contributed by atoms with Gasteiger partial charge in [-0.15, -0.1) is 0 Å². The van der Waals surface area contributed by atoms with Gasteiger partial charge in [0.25, 0.3) is 11.9 Å². The van der Waals surface area contributed by atoms with Crippen molar-refractivity contribution >= 4 is 11.9 Å². The van der Waals surface area contributed by atoms with Crippen LogP contribution in [0.4, 0.5) is 0 Å². The number of carboxylic acid groups (broad SMARTS) is 1. The summed E-state index contributed by atoms with van der Waals surface area (Å²) in [7, 11) is 1.44. The minimum absolute atomic E-state index is 0.0219. The Morgan fingerprint density at radius 3 is 2.54 bits per heavy atom. The quantitative estimate of drug-likeness (QED) is 0.771. The lowest BCUT2D eigenvalue weighted by molar-refractivity contribution is -0.139. The second kappa shape index (κ2) is 7.65. The number of benzene rings is 1. The number of rotatable bonds is 8. The largest absolute Gasteiger partial charge is 0.481 e. The van der Waals surface area contributed by atoms with Crippen molar-refractivity contribution in [2.45, 2.75) is 18.9 Å². The lowest BCUT2D eigenvalue weighted by atomic mass is 9.99. The number of amides is 1. The van der Waals surface area contributed by atoms with E-state index < -0.39 is 17.4 Å². The van der Waals surface area contributed by atoms with Crippen LogP contribution in [-0.2, 0) is 9.53 Å². The van der Waals surface area contributed by atoms with Crippen LogP contribution in [0.3, 0.4) is 0 Å². The lowest BCUT2D eigenvalue weighted by Gasteiger charge is -2.27. The third kappa shape index (κ3) is 4.85. The molecular formula is C17H19NO6. The van der Waals surface area contributed by atoms with Crippen LogP contribution in [0.1, 0.15) is 23.9 Å². The first-order valence-electron chi connectivity index (χ1n) is 7.28. The Labute approximate surface area is 139 Å². The number of methoxy groups -OCH3 is 1. The standard InChI is InChI=1S/C17H19NO6/c1-17(11-22-2,10-14(19)20)18-16(21)13-8-9-15(24-13)23-12-6-4-3-5-7-12/h3-9H,10-11H2,1-2H3,(H,18,21)(H,19,20). The van der Waals surface area contributed by atoms with E-state index in [-0.39, 0.29) is 24.7 Å². The first kappa shape index (κ1) is 17.6. The molecule has 0 saturated carbocycles. The Bertz CT molecular complexity index is 696. The van der Waals surface area contributed by atoms with Gasteiger partial charge in [0.05, 0.1) is 18.6 Å². The van der Waals surface area contributed by atoms with Gasteiger partial charge in [-0.1, -0.05) is 18.2 Å². The van der Waals surface area contributed by atoms with Gasteiger partial charge in [0, 0.05) is 13.2 Å². The molecule has 1 atom stereocenters. The van der Waals surface area contributed by atoms with E-state index in [0.717, 1.165) is 0 Å². The Morgan fingerprint density at radius 1 is 1.21 bits per heavy atom. The number of furan rings is 1. The van der Waals surface area contributed by atoms with Crippen LogP contribution in [0, 0.1) is 0 Å². The van der Waals surface area contributed by atoms with Crippen LogP contribution in [0.2, 0.25) is 0 Å². The van der Waals surface area contributed by atoms with Crippen LogP contribution in [0.25, 0.3) is 0 Å². The predicted octanol–water partition coefficient (Wildman–Crippen LogP) is 2.68. The van der Waals surface area contributed by atoms with Gasteiger partial charge in [-0.05, 0) is 25.1 Å². The first-order valence-corrected chi connectivity index (χ1v) is 7.28. The molecular weight excluding hydrogens is 314 g/mol.